The molecule has 3 aliphatic rings. The molecule has 94 valence electrons. The Labute approximate surface area is 101 Å². The van der Waals surface area contributed by atoms with Crippen LogP contribution in [0.4, 0.5) is 8.78 Å². The molecular weight excluding hydrogens is 220 g/mol. The molecule has 2 fully saturated rings. The molecule has 2 heterocycles. The maximum Gasteiger partial charge on any atom is 0.129 e. The van der Waals surface area contributed by atoms with Gasteiger partial charge in [-0.25, -0.2) is 8.78 Å². The second-order valence-corrected chi connectivity index (χ2v) is 5.50. The van der Waals surface area contributed by atoms with E-state index >= 15 is 0 Å². The molecule has 0 saturated carbocycles. The number of hydrogen-bond acceptors (Lipinski definition) is 1. The summed E-state index contributed by atoms with van der Waals surface area (Å²) in [6, 6.07) is 1.17. The predicted octanol–water partition coefficient (Wildman–Crippen LogP) is 3.38. The molecule has 17 heavy (non-hydrogen) atoms. The van der Waals surface area contributed by atoms with Crippen LogP contribution in [0.2, 0.25) is 0 Å². The Morgan fingerprint density at radius 1 is 1.18 bits per heavy atom. The van der Waals surface area contributed by atoms with Gasteiger partial charge in [0.25, 0.3) is 0 Å². The molecule has 0 aromatic heterocycles. The van der Waals surface area contributed by atoms with Crippen molar-refractivity contribution < 1.29 is 8.78 Å². The first kappa shape index (κ1) is 11.4. The normalized spacial score (nSPS) is 41.6. The maximum atomic E-state index is 13.7. The van der Waals surface area contributed by atoms with Crippen molar-refractivity contribution in [3.05, 3.63) is 24.1 Å². The van der Waals surface area contributed by atoms with Gasteiger partial charge in [0.05, 0.1) is 5.92 Å². The molecule has 0 N–H and O–H groups in total. The monoisotopic (exact) mass is 239 g/mol. The number of allylic oxidation sites excluding steroid dienone is 3. The van der Waals surface area contributed by atoms with Gasteiger partial charge in [0.1, 0.15) is 12.0 Å². The van der Waals surface area contributed by atoms with Crippen molar-refractivity contribution in [1.29, 1.82) is 0 Å². The third-order valence-corrected chi connectivity index (χ3v) is 4.54. The van der Waals surface area contributed by atoms with Gasteiger partial charge in [0.2, 0.25) is 0 Å². The average molecular weight is 239 g/mol. The van der Waals surface area contributed by atoms with Crippen LogP contribution in [-0.2, 0) is 0 Å². The van der Waals surface area contributed by atoms with E-state index in [2.05, 4.69) is 4.90 Å². The minimum absolute atomic E-state index is 0.287. The Kier molecular flexibility index (Phi) is 3.03. The fraction of sp³-hybridized carbons (Fsp3) is 0.714. The highest BCUT2D eigenvalue weighted by Gasteiger charge is 2.39. The molecule has 3 heteroatoms. The van der Waals surface area contributed by atoms with Crippen LogP contribution in [0.3, 0.4) is 0 Å². The lowest BCUT2D eigenvalue weighted by molar-refractivity contribution is 0.100. The molecule has 0 spiro atoms. The summed E-state index contributed by atoms with van der Waals surface area (Å²) in [4.78, 5) is 2.37. The SMILES string of the molecule is FC1=CC=CC(F)C1CN1C2CCCC1CC2. The number of fused-ring (bicyclic) bond motifs is 2. The summed E-state index contributed by atoms with van der Waals surface area (Å²) in [5.41, 5.74) is 0. The number of rotatable bonds is 2. The summed E-state index contributed by atoms with van der Waals surface area (Å²) in [7, 11) is 0. The van der Waals surface area contributed by atoms with Crippen molar-refractivity contribution >= 4 is 0 Å². The van der Waals surface area contributed by atoms with Gasteiger partial charge in [-0.15, -0.1) is 0 Å². The van der Waals surface area contributed by atoms with Crippen molar-refractivity contribution in [2.75, 3.05) is 6.54 Å². The first-order chi connectivity index (χ1) is 8.25. The van der Waals surface area contributed by atoms with E-state index < -0.39 is 12.1 Å². The van der Waals surface area contributed by atoms with E-state index in [-0.39, 0.29) is 5.83 Å². The molecule has 1 nitrogen and oxygen atoms in total. The van der Waals surface area contributed by atoms with Crippen LogP contribution in [0.1, 0.15) is 32.1 Å². The van der Waals surface area contributed by atoms with E-state index in [0.717, 1.165) is 0 Å². The highest BCUT2D eigenvalue weighted by molar-refractivity contribution is 5.20. The number of hydrogen-bond donors (Lipinski definition) is 0. The van der Waals surface area contributed by atoms with E-state index in [1.807, 2.05) is 0 Å². The quantitative estimate of drug-likeness (QED) is 0.714. The Bertz CT molecular complexity index is 334. The molecule has 2 aliphatic heterocycles. The summed E-state index contributed by atoms with van der Waals surface area (Å²) in [6.07, 6.45) is 9.36. The summed E-state index contributed by atoms with van der Waals surface area (Å²) in [6.45, 7) is 0.559. The smallest absolute Gasteiger partial charge is 0.129 e. The molecule has 2 bridgehead atoms. The van der Waals surface area contributed by atoms with Gasteiger partial charge in [0, 0.05) is 18.6 Å². The standard InChI is InChI=1S/C14H19F2N/c15-13-5-2-6-14(16)12(13)9-17-10-3-1-4-11(17)8-7-10/h2,5-6,10-13H,1,3-4,7-9H2. The minimum atomic E-state index is -1.15. The zero-order valence-corrected chi connectivity index (χ0v) is 9.99. The average Bonchev–Trinajstić information content (AvgIpc) is 2.55. The fourth-order valence-electron chi connectivity index (χ4n) is 3.60. The van der Waals surface area contributed by atoms with Crippen LogP contribution in [0.5, 0.6) is 0 Å². The molecule has 0 amide bonds. The van der Waals surface area contributed by atoms with Crippen molar-refractivity contribution in [2.24, 2.45) is 5.92 Å². The van der Waals surface area contributed by atoms with Crippen LogP contribution in [0.15, 0.2) is 24.1 Å². The number of piperidine rings is 1. The van der Waals surface area contributed by atoms with E-state index in [0.29, 0.717) is 18.6 Å². The third kappa shape index (κ3) is 2.05. The summed E-state index contributed by atoms with van der Waals surface area (Å²) in [5, 5.41) is 0. The second-order valence-electron chi connectivity index (χ2n) is 5.50. The molecule has 4 atom stereocenters. The first-order valence-corrected chi connectivity index (χ1v) is 6.69. The molecule has 4 unspecified atom stereocenters. The van der Waals surface area contributed by atoms with Crippen LogP contribution in [-0.4, -0.2) is 29.7 Å². The first-order valence-electron chi connectivity index (χ1n) is 6.69. The van der Waals surface area contributed by atoms with Gasteiger partial charge < -0.3 is 0 Å². The Hall–Kier alpha value is -0.700. The lowest BCUT2D eigenvalue weighted by Gasteiger charge is -2.37. The van der Waals surface area contributed by atoms with Gasteiger partial charge >= 0.3 is 0 Å². The third-order valence-electron chi connectivity index (χ3n) is 4.54. The van der Waals surface area contributed by atoms with Crippen LogP contribution < -0.4 is 0 Å². The fourth-order valence-corrected chi connectivity index (χ4v) is 3.60. The highest BCUT2D eigenvalue weighted by Crippen LogP contribution is 2.38. The lowest BCUT2D eigenvalue weighted by atomic mass is 9.94. The molecule has 1 aliphatic carbocycles. The number of halogens is 2. The molecular formula is C14H19F2N. The Balaban J connectivity index is 1.71. The number of alkyl halides is 1. The van der Waals surface area contributed by atoms with E-state index in [1.54, 1.807) is 0 Å². The molecule has 0 radical (unpaired) electrons. The molecule has 3 rings (SSSR count). The maximum absolute atomic E-state index is 13.7. The largest absolute Gasteiger partial charge is 0.297 e. The molecule has 0 aromatic rings. The Morgan fingerprint density at radius 3 is 2.53 bits per heavy atom. The van der Waals surface area contributed by atoms with Gasteiger partial charge in [-0.05, 0) is 37.8 Å². The van der Waals surface area contributed by atoms with Gasteiger partial charge in [0.15, 0.2) is 0 Å². The van der Waals surface area contributed by atoms with Crippen LogP contribution >= 0.6 is 0 Å². The molecule has 0 aromatic carbocycles. The highest BCUT2D eigenvalue weighted by atomic mass is 19.1. The summed E-state index contributed by atoms with van der Waals surface area (Å²) < 4.78 is 27.4. The van der Waals surface area contributed by atoms with Crippen LogP contribution in [0, 0.1) is 5.92 Å². The van der Waals surface area contributed by atoms with Crippen molar-refractivity contribution in [3.63, 3.8) is 0 Å². The van der Waals surface area contributed by atoms with E-state index in [9.17, 15) is 8.78 Å². The van der Waals surface area contributed by atoms with Gasteiger partial charge in [-0.3, -0.25) is 4.90 Å². The van der Waals surface area contributed by atoms with Gasteiger partial charge in [-0.1, -0.05) is 12.5 Å². The van der Waals surface area contributed by atoms with Crippen molar-refractivity contribution in [3.8, 4) is 0 Å². The zero-order valence-electron chi connectivity index (χ0n) is 9.99. The minimum Gasteiger partial charge on any atom is -0.297 e. The topological polar surface area (TPSA) is 3.24 Å². The second kappa shape index (κ2) is 4.52. The van der Waals surface area contributed by atoms with E-state index in [1.165, 1.54) is 50.3 Å². The van der Waals surface area contributed by atoms with Crippen LogP contribution in [0.25, 0.3) is 0 Å². The van der Waals surface area contributed by atoms with Crippen molar-refractivity contribution in [1.82, 2.24) is 4.90 Å². The van der Waals surface area contributed by atoms with Crippen molar-refractivity contribution in [2.45, 2.75) is 50.4 Å². The van der Waals surface area contributed by atoms with E-state index in [4.69, 9.17) is 0 Å². The Morgan fingerprint density at radius 2 is 1.88 bits per heavy atom. The predicted molar refractivity (Wildman–Crippen MR) is 64.1 cm³/mol. The van der Waals surface area contributed by atoms with Gasteiger partial charge in [-0.2, -0.15) is 0 Å². The zero-order chi connectivity index (χ0) is 11.8. The summed E-state index contributed by atoms with van der Waals surface area (Å²) in [5.74, 6) is -0.855. The molecule has 2 saturated heterocycles. The summed E-state index contributed by atoms with van der Waals surface area (Å²) >= 11 is 0. The lowest BCUT2D eigenvalue weighted by Crippen LogP contribution is -2.44. The number of nitrogens with zero attached hydrogens (tertiary/aromatic N) is 1.